The van der Waals surface area contributed by atoms with Crippen molar-refractivity contribution < 1.29 is 5.11 Å². The molecule has 0 saturated carbocycles. The van der Waals surface area contributed by atoms with E-state index >= 15 is 0 Å². The Hall–Kier alpha value is -1.86. The van der Waals surface area contributed by atoms with Crippen molar-refractivity contribution in [2.45, 2.75) is 31.8 Å². The van der Waals surface area contributed by atoms with E-state index in [1.54, 1.807) is 0 Å². The molecule has 0 radical (unpaired) electrons. The van der Waals surface area contributed by atoms with E-state index in [9.17, 15) is 5.11 Å². The lowest BCUT2D eigenvalue weighted by molar-refractivity contribution is 0.00218. The van der Waals surface area contributed by atoms with Crippen LogP contribution in [0.5, 0.6) is 0 Å². The third-order valence-electron chi connectivity index (χ3n) is 4.36. The highest BCUT2D eigenvalue weighted by Gasteiger charge is 2.36. The molecule has 0 aliphatic heterocycles. The average molecular weight is 280 g/mol. The SMILES string of the molecule is C=C[C@H]([C@@H](CC)c1ccccc1)[C@](C)(O)c1ccccc1. The maximum atomic E-state index is 11.1. The zero-order valence-corrected chi connectivity index (χ0v) is 12.9. The maximum absolute atomic E-state index is 11.1. The molecule has 0 spiro atoms. The molecule has 0 heterocycles. The molecule has 2 aromatic carbocycles. The Morgan fingerprint density at radius 3 is 2.05 bits per heavy atom. The fourth-order valence-electron chi connectivity index (χ4n) is 3.15. The lowest BCUT2D eigenvalue weighted by Gasteiger charge is -2.37. The smallest absolute Gasteiger partial charge is 0.0936 e. The molecule has 0 amide bonds. The van der Waals surface area contributed by atoms with E-state index < -0.39 is 5.60 Å². The van der Waals surface area contributed by atoms with Crippen LogP contribution in [0.2, 0.25) is 0 Å². The third-order valence-corrected chi connectivity index (χ3v) is 4.36. The summed E-state index contributed by atoms with van der Waals surface area (Å²) < 4.78 is 0. The average Bonchev–Trinajstić information content (AvgIpc) is 2.54. The van der Waals surface area contributed by atoms with Gasteiger partial charge in [0.25, 0.3) is 0 Å². The number of benzene rings is 2. The molecule has 1 nitrogen and oxygen atoms in total. The molecule has 0 fully saturated rings. The quantitative estimate of drug-likeness (QED) is 0.747. The molecule has 0 aliphatic rings. The van der Waals surface area contributed by atoms with Gasteiger partial charge in [-0.1, -0.05) is 73.7 Å². The van der Waals surface area contributed by atoms with Crippen LogP contribution in [0.4, 0.5) is 0 Å². The van der Waals surface area contributed by atoms with Crippen molar-refractivity contribution in [3.05, 3.63) is 84.4 Å². The van der Waals surface area contributed by atoms with E-state index in [4.69, 9.17) is 0 Å². The van der Waals surface area contributed by atoms with Gasteiger partial charge >= 0.3 is 0 Å². The Morgan fingerprint density at radius 1 is 1.05 bits per heavy atom. The van der Waals surface area contributed by atoms with Crippen molar-refractivity contribution in [3.63, 3.8) is 0 Å². The molecule has 2 aromatic rings. The van der Waals surface area contributed by atoms with Crippen LogP contribution >= 0.6 is 0 Å². The van der Waals surface area contributed by atoms with Gasteiger partial charge < -0.3 is 5.11 Å². The van der Waals surface area contributed by atoms with E-state index in [1.807, 2.05) is 49.4 Å². The van der Waals surface area contributed by atoms with Crippen LogP contribution in [-0.4, -0.2) is 5.11 Å². The van der Waals surface area contributed by atoms with Gasteiger partial charge in [-0.15, -0.1) is 6.58 Å². The summed E-state index contributed by atoms with van der Waals surface area (Å²) in [6.45, 7) is 8.04. The number of aliphatic hydroxyl groups is 1. The van der Waals surface area contributed by atoms with Crippen molar-refractivity contribution in [2.75, 3.05) is 0 Å². The summed E-state index contributed by atoms with van der Waals surface area (Å²) in [5, 5.41) is 11.1. The van der Waals surface area contributed by atoms with Crippen LogP contribution in [-0.2, 0) is 5.60 Å². The minimum Gasteiger partial charge on any atom is -0.385 e. The van der Waals surface area contributed by atoms with E-state index in [-0.39, 0.29) is 11.8 Å². The highest BCUT2D eigenvalue weighted by molar-refractivity contribution is 5.28. The van der Waals surface area contributed by atoms with Gasteiger partial charge in [0.15, 0.2) is 0 Å². The number of hydrogen-bond acceptors (Lipinski definition) is 1. The standard InChI is InChI=1S/C20H24O/c1-4-18(16-12-8-6-9-13-16)19(5-2)20(3,21)17-14-10-7-11-15-17/h5-15,18-19,21H,2,4H2,1,3H3/t18-,19+,20+/m0/s1. The fraction of sp³-hybridized carbons (Fsp3) is 0.300. The summed E-state index contributed by atoms with van der Waals surface area (Å²) in [6.07, 6.45) is 2.86. The molecule has 0 aliphatic carbocycles. The summed E-state index contributed by atoms with van der Waals surface area (Å²) in [4.78, 5) is 0. The van der Waals surface area contributed by atoms with E-state index in [0.29, 0.717) is 0 Å². The fourth-order valence-corrected chi connectivity index (χ4v) is 3.15. The molecular weight excluding hydrogens is 256 g/mol. The summed E-state index contributed by atoms with van der Waals surface area (Å²) in [7, 11) is 0. The van der Waals surface area contributed by atoms with Crippen molar-refractivity contribution >= 4 is 0 Å². The normalized spacial score (nSPS) is 16.7. The molecule has 1 N–H and O–H groups in total. The Kier molecular flexibility index (Phi) is 4.98. The van der Waals surface area contributed by atoms with Crippen LogP contribution < -0.4 is 0 Å². The van der Waals surface area contributed by atoms with Crippen molar-refractivity contribution in [2.24, 2.45) is 5.92 Å². The highest BCUT2D eigenvalue weighted by atomic mass is 16.3. The van der Waals surface area contributed by atoms with Gasteiger partial charge in [-0.2, -0.15) is 0 Å². The summed E-state index contributed by atoms with van der Waals surface area (Å²) in [5.74, 6) is 0.214. The van der Waals surface area contributed by atoms with Crippen LogP contribution in [0.25, 0.3) is 0 Å². The first kappa shape index (κ1) is 15.5. The molecule has 21 heavy (non-hydrogen) atoms. The molecule has 0 saturated heterocycles. The monoisotopic (exact) mass is 280 g/mol. The second-order valence-corrected chi connectivity index (χ2v) is 5.70. The van der Waals surface area contributed by atoms with Crippen LogP contribution in [0.1, 0.15) is 37.3 Å². The van der Waals surface area contributed by atoms with Crippen LogP contribution in [0.15, 0.2) is 73.3 Å². The largest absolute Gasteiger partial charge is 0.385 e. The van der Waals surface area contributed by atoms with Crippen molar-refractivity contribution in [1.29, 1.82) is 0 Å². The van der Waals surface area contributed by atoms with E-state index in [0.717, 1.165) is 12.0 Å². The molecule has 2 rings (SSSR count). The minimum atomic E-state index is -0.931. The highest BCUT2D eigenvalue weighted by Crippen LogP contribution is 2.41. The van der Waals surface area contributed by atoms with E-state index in [2.05, 4.69) is 37.8 Å². The molecular formula is C20H24O. The first-order valence-corrected chi connectivity index (χ1v) is 7.56. The Bertz CT molecular complexity index is 557. The lowest BCUT2D eigenvalue weighted by atomic mass is 9.72. The molecule has 0 unspecified atom stereocenters. The van der Waals surface area contributed by atoms with Gasteiger partial charge in [0.1, 0.15) is 0 Å². The molecule has 110 valence electrons. The predicted octanol–water partition coefficient (Wildman–Crippen LogP) is 4.89. The van der Waals surface area contributed by atoms with Crippen LogP contribution in [0.3, 0.4) is 0 Å². The summed E-state index contributed by atoms with van der Waals surface area (Å²) in [5.41, 5.74) is 1.25. The Labute approximate surface area is 128 Å². The van der Waals surface area contributed by atoms with E-state index in [1.165, 1.54) is 5.56 Å². The first-order valence-electron chi connectivity index (χ1n) is 7.56. The van der Waals surface area contributed by atoms with Crippen molar-refractivity contribution in [3.8, 4) is 0 Å². The van der Waals surface area contributed by atoms with Gasteiger partial charge in [-0.05, 0) is 30.4 Å². The maximum Gasteiger partial charge on any atom is 0.0936 e. The van der Waals surface area contributed by atoms with Gasteiger partial charge in [-0.3, -0.25) is 0 Å². The zero-order valence-electron chi connectivity index (χ0n) is 12.9. The molecule has 1 heteroatoms. The second-order valence-electron chi connectivity index (χ2n) is 5.70. The van der Waals surface area contributed by atoms with Gasteiger partial charge in [-0.25, -0.2) is 0 Å². The second kappa shape index (κ2) is 6.73. The minimum absolute atomic E-state index is 0.0349. The molecule has 0 aromatic heterocycles. The Balaban J connectivity index is 2.40. The van der Waals surface area contributed by atoms with Gasteiger partial charge in [0.2, 0.25) is 0 Å². The number of hydrogen-bond donors (Lipinski definition) is 1. The third kappa shape index (κ3) is 3.25. The molecule has 0 bridgehead atoms. The van der Waals surface area contributed by atoms with Gasteiger partial charge in [0, 0.05) is 5.92 Å². The number of rotatable bonds is 6. The Morgan fingerprint density at radius 2 is 1.57 bits per heavy atom. The summed E-state index contributed by atoms with van der Waals surface area (Å²) in [6, 6.07) is 20.2. The summed E-state index contributed by atoms with van der Waals surface area (Å²) >= 11 is 0. The molecule has 3 atom stereocenters. The van der Waals surface area contributed by atoms with Gasteiger partial charge in [0.05, 0.1) is 5.60 Å². The lowest BCUT2D eigenvalue weighted by Crippen LogP contribution is -2.34. The predicted molar refractivity (Wildman–Crippen MR) is 89.2 cm³/mol. The topological polar surface area (TPSA) is 20.2 Å². The zero-order chi connectivity index (χ0) is 15.3. The van der Waals surface area contributed by atoms with Crippen molar-refractivity contribution in [1.82, 2.24) is 0 Å². The first-order chi connectivity index (χ1) is 10.1. The van der Waals surface area contributed by atoms with Crippen LogP contribution in [0, 0.1) is 5.92 Å².